The fraction of sp³-hybridized carbons (Fsp3) is 0.769. The number of hydrogen-bond acceptors (Lipinski definition) is 6. The molecule has 1 atom stereocenters. The van der Waals surface area contributed by atoms with Crippen LogP contribution in [0.3, 0.4) is 0 Å². The molecule has 1 aliphatic rings. The standard InChI is InChI=1S/C13H23N7O2/c1-9(2)3-5-20-6-4-14-13(22)10(20)7-12(21)15-8-11-16-18-19-17-11/h9-10H,3-8H2,1-2H3,(H,14,22)(H,15,21)(H,16,17,18,19)/t10-/m0/s1. The molecule has 0 aromatic carbocycles. The smallest absolute Gasteiger partial charge is 0.237 e. The van der Waals surface area contributed by atoms with Gasteiger partial charge in [0, 0.05) is 13.1 Å². The first-order chi connectivity index (χ1) is 10.6. The molecule has 0 radical (unpaired) electrons. The topological polar surface area (TPSA) is 116 Å². The molecule has 0 unspecified atom stereocenters. The van der Waals surface area contributed by atoms with Gasteiger partial charge in [0.2, 0.25) is 11.8 Å². The minimum Gasteiger partial charge on any atom is -0.353 e. The SMILES string of the molecule is CC(C)CCN1CCNC(=O)[C@@H]1CC(=O)NCc1nn[nH]n1. The monoisotopic (exact) mass is 309 g/mol. The number of tetrazole rings is 1. The van der Waals surface area contributed by atoms with Crippen LogP contribution in [0.4, 0.5) is 0 Å². The second-order valence-corrected chi connectivity index (χ2v) is 5.83. The van der Waals surface area contributed by atoms with Crippen molar-refractivity contribution in [2.75, 3.05) is 19.6 Å². The fourth-order valence-electron chi connectivity index (χ4n) is 2.36. The van der Waals surface area contributed by atoms with Gasteiger partial charge in [0.15, 0.2) is 5.82 Å². The van der Waals surface area contributed by atoms with Crippen molar-refractivity contribution in [1.82, 2.24) is 36.2 Å². The number of aromatic amines is 1. The predicted molar refractivity (Wildman–Crippen MR) is 78.5 cm³/mol. The second-order valence-electron chi connectivity index (χ2n) is 5.83. The molecule has 1 aliphatic heterocycles. The summed E-state index contributed by atoms with van der Waals surface area (Å²) >= 11 is 0. The predicted octanol–water partition coefficient (Wildman–Crippen LogP) is -0.947. The third kappa shape index (κ3) is 4.76. The summed E-state index contributed by atoms with van der Waals surface area (Å²) in [6.07, 6.45) is 1.15. The fourth-order valence-corrected chi connectivity index (χ4v) is 2.36. The maximum atomic E-state index is 12.0. The van der Waals surface area contributed by atoms with Gasteiger partial charge >= 0.3 is 0 Å². The molecule has 3 N–H and O–H groups in total. The maximum Gasteiger partial charge on any atom is 0.237 e. The van der Waals surface area contributed by atoms with Crippen molar-refractivity contribution in [3.8, 4) is 0 Å². The highest BCUT2D eigenvalue weighted by molar-refractivity contribution is 5.88. The molecular weight excluding hydrogens is 286 g/mol. The molecule has 9 heteroatoms. The van der Waals surface area contributed by atoms with E-state index in [-0.39, 0.29) is 24.8 Å². The molecule has 1 aromatic rings. The number of carbonyl (C=O) groups excluding carboxylic acids is 2. The number of hydrogen-bond donors (Lipinski definition) is 3. The Morgan fingerprint density at radius 1 is 1.50 bits per heavy atom. The molecule has 0 aliphatic carbocycles. The molecule has 2 heterocycles. The zero-order valence-corrected chi connectivity index (χ0v) is 13.0. The van der Waals surface area contributed by atoms with Gasteiger partial charge in [0.25, 0.3) is 0 Å². The summed E-state index contributed by atoms with van der Waals surface area (Å²) in [4.78, 5) is 26.2. The first-order valence-electron chi connectivity index (χ1n) is 7.57. The van der Waals surface area contributed by atoms with E-state index < -0.39 is 6.04 Å². The van der Waals surface area contributed by atoms with Crippen molar-refractivity contribution in [3.63, 3.8) is 0 Å². The normalized spacial score (nSPS) is 19.2. The maximum absolute atomic E-state index is 12.0. The number of piperazine rings is 1. The summed E-state index contributed by atoms with van der Waals surface area (Å²) in [5, 5.41) is 18.8. The third-order valence-electron chi connectivity index (χ3n) is 3.65. The van der Waals surface area contributed by atoms with Crippen LogP contribution in [-0.4, -0.2) is 63.0 Å². The van der Waals surface area contributed by atoms with Gasteiger partial charge in [-0.15, -0.1) is 10.2 Å². The third-order valence-corrected chi connectivity index (χ3v) is 3.65. The van der Waals surface area contributed by atoms with Gasteiger partial charge in [-0.1, -0.05) is 19.1 Å². The largest absolute Gasteiger partial charge is 0.353 e. The van der Waals surface area contributed by atoms with Crippen molar-refractivity contribution in [3.05, 3.63) is 5.82 Å². The number of carbonyl (C=O) groups is 2. The van der Waals surface area contributed by atoms with Gasteiger partial charge in [-0.3, -0.25) is 14.5 Å². The molecule has 2 rings (SSSR count). The summed E-state index contributed by atoms with van der Waals surface area (Å²) < 4.78 is 0. The first-order valence-corrected chi connectivity index (χ1v) is 7.57. The van der Waals surface area contributed by atoms with E-state index in [0.29, 0.717) is 18.3 Å². The van der Waals surface area contributed by atoms with Gasteiger partial charge in [-0.2, -0.15) is 5.21 Å². The molecule has 1 aromatic heterocycles. The van der Waals surface area contributed by atoms with E-state index in [1.165, 1.54) is 0 Å². The van der Waals surface area contributed by atoms with E-state index in [9.17, 15) is 9.59 Å². The Hall–Kier alpha value is -2.03. The number of aromatic nitrogens is 4. The van der Waals surface area contributed by atoms with E-state index in [0.717, 1.165) is 19.5 Å². The van der Waals surface area contributed by atoms with Crippen LogP contribution in [0.15, 0.2) is 0 Å². The van der Waals surface area contributed by atoms with Crippen molar-refractivity contribution in [1.29, 1.82) is 0 Å². The average Bonchev–Trinajstić information content (AvgIpc) is 2.99. The molecule has 0 bridgehead atoms. The average molecular weight is 309 g/mol. The number of nitrogens with zero attached hydrogens (tertiary/aromatic N) is 4. The number of amides is 2. The minimum atomic E-state index is -0.405. The van der Waals surface area contributed by atoms with Gasteiger partial charge in [-0.05, 0) is 18.9 Å². The molecular formula is C13H23N7O2. The summed E-state index contributed by atoms with van der Waals surface area (Å²) in [5.41, 5.74) is 0. The van der Waals surface area contributed by atoms with Crippen LogP contribution in [0.2, 0.25) is 0 Å². The number of nitrogens with one attached hydrogen (secondary N) is 3. The van der Waals surface area contributed by atoms with E-state index in [1.54, 1.807) is 0 Å². The second kappa shape index (κ2) is 7.83. The summed E-state index contributed by atoms with van der Waals surface area (Å²) in [6, 6.07) is -0.405. The van der Waals surface area contributed by atoms with Crippen LogP contribution < -0.4 is 10.6 Å². The zero-order valence-electron chi connectivity index (χ0n) is 13.0. The molecule has 0 spiro atoms. The number of rotatable bonds is 7. The van der Waals surface area contributed by atoms with Crippen LogP contribution >= 0.6 is 0 Å². The van der Waals surface area contributed by atoms with Crippen LogP contribution in [0.5, 0.6) is 0 Å². The quantitative estimate of drug-likeness (QED) is 0.598. The van der Waals surface area contributed by atoms with Crippen molar-refractivity contribution < 1.29 is 9.59 Å². The number of H-pyrrole nitrogens is 1. The Kier molecular flexibility index (Phi) is 5.82. The van der Waals surface area contributed by atoms with Crippen molar-refractivity contribution in [2.24, 2.45) is 5.92 Å². The molecule has 9 nitrogen and oxygen atoms in total. The summed E-state index contributed by atoms with van der Waals surface area (Å²) in [5.74, 6) is 0.710. The van der Waals surface area contributed by atoms with Gasteiger partial charge in [-0.25, -0.2) is 0 Å². The summed E-state index contributed by atoms with van der Waals surface area (Å²) in [6.45, 7) is 6.75. The Morgan fingerprint density at radius 3 is 3.00 bits per heavy atom. The zero-order chi connectivity index (χ0) is 15.9. The lowest BCUT2D eigenvalue weighted by atomic mass is 10.1. The lowest BCUT2D eigenvalue weighted by Gasteiger charge is -2.35. The van der Waals surface area contributed by atoms with E-state index in [4.69, 9.17) is 0 Å². The van der Waals surface area contributed by atoms with Crippen molar-refractivity contribution in [2.45, 2.75) is 39.3 Å². The van der Waals surface area contributed by atoms with Crippen LogP contribution in [0.25, 0.3) is 0 Å². The van der Waals surface area contributed by atoms with Crippen LogP contribution in [0.1, 0.15) is 32.5 Å². The van der Waals surface area contributed by atoms with E-state index >= 15 is 0 Å². The van der Waals surface area contributed by atoms with E-state index in [1.807, 2.05) is 0 Å². The molecule has 2 amide bonds. The minimum absolute atomic E-state index is 0.0790. The lowest BCUT2D eigenvalue weighted by Crippen LogP contribution is -2.56. The molecule has 122 valence electrons. The molecule has 0 saturated carbocycles. The highest BCUT2D eigenvalue weighted by Crippen LogP contribution is 2.12. The van der Waals surface area contributed by atoms with Crippen molar-refractivity contribution >= 4 is 11.8 Å². The highest BCUT2D eigenvalue weighted by Gasteiger charge is 2.31. The van der Waals surface area contributed by atoms with Crippen LogP contribution in [-0.2, 0) is 16.1 Å². The molecule has 22 heavy (non-hydrogen) atoms. The van der Waals surface area contributed by atoms with E-state index in [2.05, 4.69) is 50.0 Å². The van der Waals surface area contributed by atoms with Gasteiger partial charge < -0.3 is 10.6 Å². The Labute approximate surface area is 129 Å². The van der Waals surface area contributed by atoms with Crippen LogP contribution in [0, 0.1) is 5.92 Å². The summed E-state index contributed by atoms with van der Waals surface area (Å²) in [7, 11) is 0. The first kappa shape index (κ1) is 16.3. The Balaban J connectivity index is 1.85. The van der Waals surface area contributed by atoms with Gasteiger partial charge in [0.05, 0.1) is 19.0 Å². The molecule has 1 fully saturated rings. The highest BCUT2D eigenvalue weighted by atomic mass is 16.2. The van der Waals surface area contributed by atoms with Gasteiger partial charge in [0.1, 0.15) is 0 Å². The molecule has 1 saturated heterocycles. The Bertz CT molecular complexity index is 489. The Morgan fingerprint density at radius 2 is 2.32 bits per heavy atom. The lowest BCUT2D eigenvalue weighted by molar-refractivity contribution is -0.134.